The van der Waals surface area contributed by atoms with E-state index in [2.05, 4.69) is 44.5 Å². The fraction of sp³-hybridized carbons (Fsp3) is 0.421. The fourth-order valence-electron chi connectivity index (χ4n) is 3.25. The summed E-state index contributed by atoms with van der Waals surface area (Å²) in [6, 6.07) is 10.3. The number of anilines is 2. The monoisotopic (exact) mass is 339 g/mol. The number of nitrogens with one attached hydrogen (secondary N) is 1. The number of primary amides is 1. The Kier molecular flexibility index (Phi) is 5.16. The van der Waals surface area contributed by atoms with E-state index >= 15 is 0 Å². The molecular formula is C19H25N5O. The van der Waals surface area contributed by atoms with Gasteiger partial charge in [0, 0.05) is 36.7 Å². The van der Waals surface area contributed by atoms with Crippen LogP contribution in [0.5, 0.6) is 0 Å². The third-order valence-corrected chi connectivity index (χ3v) is 4.56. The molecule has 1 aliphatic rings. The van der Waals surface area contributed by atoms with Crippen LogP contribution >= 0.6 is 0 Å². The molecule has 1 aliphatic heterocycles. The number of benzene rings is 1. The zero-order valence-corrected chi connectivity index (χ0v) is 14.8. The van der Waals surface area contributed by atoms with E-state index in [1.165, 1.54) is 0 Å². The highest BCUT2D eigenvalue weighted by molar-refractivity contribution is 5.77. The summed E-state index contributed by atoms with van der Waals surface area (Å²) in [7, 11) is 0. The standard InChI is InChI=1S/C19H25N5O/c1-13-10-14(2)23-19(22-13)21-11-15-5-7-17(8-6-15)24-9-3-4-16(12-24)18(20)25/h5-8,10,16H,3-4,9,11-12H2,1-2H3,(H2,20,25)(H,21,22,23)/t16-/m0/s1. The van der Waals surface area contributed by atoms with E-state index in [1.54, 1.807) is 0 Å². The zero-order valence-electron chi connectivity index (χ0n) is 14.8. The van der Waals surface area contributed by atoms with Crippen molar-refractivity contribution in [2.24, 2.45) is 11.7 Å². The van der Waals surface area contributed by atoms with Gasteiger partial charge in [-0.3, -0.25) is 4.79 Å². The van der Waals surface area contributed by atoms with Crippen LogP contribution in [0.2, 0.25) is 0 Å². The van der Waals surface area contributed by atoms with Crippen LogP contribution < -0.4 is 16.0 Å². The van der Waals surface area contributed by atoms with Crippen molar-refractivity contribution < 1.29 is 4.79 Å². The molecule has 6 heteroatoms. The van der Waals surface area contributed by atoms with Gasteiger partial charge in [0.25, 0.3) is 0 Å². The van der Waals surface area contributed by atoms with Gasteiger partial charge in [-0.25, -0.2) is 9.97 Å². The summed E-state index contributed by atoms with van der Waals surface area (Å²) >= 11 is 0. The highest BCUT2D eigenvalue weighted by atomic mass is 16.1. The van der Waals surface area contributed by atoms with Crippen molar-refractivity contribution in [3.05, 3.63) is 47.3 Å². The molecule has 1 amide bonds. The molecule has 0 spiro atoms. The van der Waals surface area contributed by atoms with E-state index in [0.29, 0.717) is 19.0 Å². The number of piperidine rings is 1. The third kappa shape index (κ3) is 4.47. The number of carbonyl (C=O) groups excluding carboxylic acids is 1. The predicted octanol–water partition coefficient (Wildman–Crippen LogP) is 2.41. The van der Waals surface area contributed by atoms with Gasteiger partial charge in [-0.2, -0.15) is 0 Å². The molecule has 0 bridgehead atoms. The number of carbonyl (C=O) groups is 1. The Balaban J connectivity index is 1.61. The molecular weight excluding hydrogens is 314 g/mol. The number of nitrogens with zero attached hydrogens (tertiary/aromatic N) is 3. The van der Waals surface area contributed by atoms with Crippen LogP contribution in [0.4, 0.5) is 11.6 Å². The molecule has 3 N–H and O–H groups in total. The maximum absolute atomic E-state index is 11.4. The van der Waals surface area contributed by atoms with Gasteiger partial charge in [0.05, 0.1) is 5.92 Å². The quantitative estimate of drug-likeness (QED) is 0.874. The van der Waals surface area contributed by atoms with Crippen LogP contribution in [0.15, 0.2) is 30.3 Å². The Morgan fingerprint density at radius 1 is 1.24 bits per heavy atom. The average Bonchev–Trinajstić information content (AvgIpc) is 2.60. The number of aryl methyl sites for hydroxylation is 2. The summed E-state index contributed by atoms with van der Waals surface area (Å²) in [6.07, 6.45) is 1.89. The van der Waals surface area contributed by atoms with Gasteiger partial charge in [-0.15, -0.1) is 0 Å². The highest BCUT2D eigenvalue weighted by Crippen LogP contribution is 2.23. The Labute approximate surface area is 148 Å². The summed E-state index contributed by atoms with van der Waals surface area (Å²) in [4.78, 5) is 22.4. The molecule has 0 radical (unpaired) electrons. The molecule has 0 aliphatic carbocycles. The zero-order chi connectivity index (χ0) is 17.8. The van der Waals surface area contributed by atoms with Crippen molar-refractivity contribution >= 4 is 17.5 Å². The van der Waals surface area contributed by atoms with Gasteiger partial charge in [-0.1, -0.05) is 12.1 Å². The molecule has 1 saturated heterocycles. The molecule has 1 aromatic carbocycles. The van der Waals surface area contributed by atoms with Crippen LogP contribution in [0, 0.1) is 19.8 Å². The van der Waals surface area contributed by atoms with Crippen molar-refractivity contribution in [2.45, 2.75) is 33.2 Å². The normalized spacial score (nSPS) is 17.4. The minimum absolute atomic E-state index is 0.0446. The Morgan fingerprint density at radius 2 is 1.92 bits per heavy atom. The van der Waals surface area contributed by atoms with E-state index in [0.717, 1.165) is 42.0 Å². The van der Waals surface area contributed by atoms with Crippen LogP contribution in [-0.2, 0) is 11.3 Å². The highest BCUT2D eigenvalue weighted by Gasteiger charge is 2.23. The van der Waals surface area contributed by atoms with E-state index < -0.39 is 0 Å². The summed E-state index contributed by atoms with van der Waals surface area (Å²) in [5.74, 6) is 0.415. The van der Waals surface area contributed by atoms with E-state index in [9.17, 15) is 4.79 Å². The maximum atomic E-state index is 11.4. The maximum Gasteiger partial charge on any atom is 0.223 e. The number of rotatable bonds is 5. The van der Waals surface area contributed by atoms with Gasteiger partial charge in [0.1, 0.15) is 0 Å². The third-order valence-electron chi connectivity index (χ3n) is 4.56. The van der Waals surface area contributed by atoms with Gasteiger partial charge in [0.2, 0.25) is 11.9 Å². The van der Waals surface area contributed by atoms with Crippen molar-refractivity contribution in [3.63, 3.8) is 0 Å². The smallest absolute Gasteiger partial charge is 0.223 e. The first-order valence-corrected chi connectivity index (χ1v) is 8.70. The minimum Gasteiger partial charge on any atom is -0.371 e. The van der Waals surface area contributed by atoms with Crippen molar-refractivity contribution in [3.8, 4) is 0 Å². The lowest BCUT2D eigenvalue weighted by Gasteiger charge is -2.33. The molecule has 25 heavy (non-hydrogen) atoms. The summed E-state index contributed by atoms with van der Waals surface area (Å²) in [5, 5.41) is 3.27. The second-order valence-electron chi connectivity index (χ2n) is 6.68. The van der Waals surface area contributed by atoms with Crippen molar-refractivity contribution in [1.82, 2.24) is 9.97 Å². The molecule has 1 atom stereocenters. The minimum atomic E-state index is -0.195. The summed E-state index contributed by atoms with van der Waals surface area (Å²) in [6.45, 7) is 6.29. The van der Waals surface area contributed by atoms with E-state index in [4.69, 9.17) is 5.73 Å². The second-order valence-corrected chi connectivity index (χ2v) is 6.68. The van der Waals surface area contributed by atoms with Gasteiger partial charge < -0.3 is 16.0 Å². The molecule has 6 nitrogen and oxygen atoms in total. The van der Waals surface area contributed by atoms with Crippen molar-refractivity contribution in [2.75, 3.05) is 23.3 Å². The number of hydrogen-bond donors (Lipinski definition) is 2. The van der Waals surface area contributed by atoms with Crippen molar-refractivity contribution in [1.29, 1.82) is 0 Å². The number of nitrogens with two attached hydrogens (primary N) is 1. The van der Waals surface area contributed by atoms with E-state index in [-0.39, 0.29) is 11.8 Å². The molecule has 2 aromatic rings. The summed E-state index contributed by atoms with van der Waals surface area (Å²) in [5.41, 5.74) is 9.68. The first-order valence-electron chi connectivity index (χ1n) is 8.70. The van der Waals surface area contributed by atoms with Crippen LogP contribution in [-0.4, -0.2) is 29.0 Å². The lowest BCUT2D eigenvalue weighted by atomic mass is 9.97. The fourth-order valence-corrected chi connectivity index (χ4v) is 3.25. The number of aromatic nitrogens is 2. The SMILES string of the molecule is Cc1cc(C)nc(NCc2ccc(N3CCC[C@H](C(N)=O)C3)cc2)n1. The molecule has 132 valence electrons. The first kappa shape index (κ1) is 17.2. The lowest BCUT2D eigenvalue weighted by molar-refractivity contribution is -0.122. The summed E-state index contributed by atoms with van der Waals surface area (Å²) < 4.78 is 0. The van der Waals surface area contributed by atoms with Gasteiger partial charge in [-0.05, 0) is 50.5 Å². The van der Waals surface area contributed by atoms with Gasteiger partial charge in [0.15, 0.2) is 0 Å². The largest absolute Gasteiger partial charge is 0.371 e. The van der Waals surface area contributed by atoms with Gasteiger partial charge >= 0.3 is 0 Å². The molecule has 2 heterocycles. The molecule has 1 fully saturated rings. The number of hydrogen-bond acceptors (Lipinski definition) is 5. The molecule has 3 rings (SSSR count). The van der Waals surface area contributed by atoms with Crippen LogP contribution in [0.1, 0.15) is 29.8 Å². The lowest BCUT2D eigenvalue weighted by Crippen LogP contribution is -2.41. The first-order chi connectivity index (χ1) is 12.0. The number of amides is 1. The van der Waals surface area contributed by atoms with E-state index in [1.807, 2.05) is 19.9 Å². The predicted molar refractivity (Wildman–Crippen MR) is 99.4 cm³/mol. The molecule has 0 unspecified atom stereocenters. The second kappa shape index (κ2) is 7.51. The Hall–Kier alpha value is -2.63. The molecule has 0 saturated carbocycles. The Bertz CT molecular complexity index is 724. The Morgan fingerprint density at radius 3 is 2.56 bits per heavy atom. The topological polar surface area (TPSA) is 84.1 Å². The molecule has 1 aromatic heterocycles. The van der Waals surface area contributed by atoms with Crippen LogP contribution in [0.25, 0.3) is 0 Å². The van der Waals surface area contributed by atoms with Crippen LogP contribution in [0.3, 0.4) is 0 Å². The average molecular weight is 339 g/mol.